The molecular formula is C13H15F3N2O2. The van der Waals surface area contributed by atoms with E-state index >= 15 is 0 Å². The zero-order valence-electron chi connectivity index (χ0n) is 10.8. The second-order valence-corrected chi connectivity index (χ2v) is 5.44. The second-order valence-electron chi connectivity index (χ2n) is 5.44. The van der Waals surface area contributed by atoms with Crippen LogP contribution in [0.1, 0.15) is 54.3 Å². The van der Waals surface area contributed by atoms with Gasteiger partial charge in [-0.3, -0.25) is 4.79 Å². The zero-order chi connectivity index (χ0) is 14.3. The maximum absolute atomic E-state index is 13.0. The Morgan fingerprint density at radius 3 is 2.70 bits per heavy atom. The molecule has 0 bridgehead atoms. The molecule has 0 radical (unpaired) electrons. The van der Waals surface area contributed by atoms with Gasteiger partial charge in [-0.15, -0.1) is 0 Å². The zero-order valence-corrected chi connectivity index (χ0v) is 10.8. The Labute approximate surface area is 113 Å². The van der Waals surface area contributed by atoms with E-state index in [0.717, 1.165) is 17.7 Å². The quantitative estimate of drug-likeness (QED) is 0.840. The van der Waals surface area contributed by atoms with E-state index in [1.54, 1.807) is 0 Å². The van der Waals surface area contributed by atoms with E-state index in [0.29, 0.717) is 18.6 Å². The molecule has 2 fully saturated rings. The fourth-order valence-electron chi connectivity index (χ4n) is 2.61. The highest BCUT2D eigenvalue weighted by Gasteiger charge is 2.47. The molecule has 4 nitrogen and oxygen atoms in total. The van der Waals surface area contributed by atoms with Gasteiger partial charge in [-0.25, -0.2) is 0 Å². The molecule has 1 saturated heterocycles. The molecule has 0 aromatic carbocycles. The van der Waals surface area contributed by atoms with Gasteiger partial charge in [-0.05, 0) is 32.1 Å². The number of aromatic nitrogens is 1. The minimum atomic E-state index is -4.39. The van der Waals surface area contributed by atoms with Crippen molar-refractivity contribution in [1.82, 2.24) is 10.1 Å². The number of hydrogen-bond acceptors (Lipinski definition) is 3. The maximum Gasteiger partial charge on any atom is 0.408 e. The van der Waals surface area contributed by atoms with Crippen LogP contribution in [0.2, 0.25) is 0 Å². The number of hydrogen-bond donors (Lipinski definition) is 0. The van der Waals surface area contributed by atoms with Crippen molar-refractivity contribution in [2.24, 2.45) is 0 Å². The molecule has 7 heteroatoms. The molecule has 1 aromatic rings. The van der Waals surface area contributed by atoms with Crippen LogP contribution < -0.4 is 0 Å². The van der Waals surface area contributed by atoms with Gasteiger partial charge in [0, 0.05) is 18.5 Å². The summed E-state index contributed by atoms with van der Waals surface area (Å²) in [5.41, 5.74) is -0.0111. The van der Waals surface area contributed by atoms with Crippen LogP contribution in [0.25, 0.3) is 0 Å². The number of piperidine rings is 1. The van der Waals surface area contributed by atoms with Gasteiger partial charge in [0.25, 0.3) is 5.91 Å². The highest BCUT2D eigenvalue weighted by atomic mass is 19.4. The molecule has 1 aliphatic carbocycles. The molecule has 1 aliphatic heterocycles. The van der Waals surface area contributed by atoms with Gasteiger partial charge in [0.2, 0.25) is 0 Å². The number of alkyl halides is 3. The van der Waals surface area contributed by atoms with Gasteiger partial charge in [0.1, 0.15) is 11.8 Å². The summed E-state index contributed by atoms with van der Waals surface area (Å²) in [5.74, 6) is 0.209. The fourth-order valence-corrected chi connectivity index (χ4v) is 2.61. The Balaban J connectivity index is 1.79. The third kappa shape index (κ3) is 2.53. The first-order valence-electron chi connectivity index (χ1n) is 6.81. The first-order chi connectivity index (χ1) is 9.47. The SMILES string of the molecule is O=C(c1cc(C2CC2)on1)N1CCCCC1C(F)(F)F. The van der Waals surface area contributed by atoms with E-state index in [9.17, 15) is 18.0 Å². The molecule has 2 heterocycles. The van der Waals surface area contributed by atoms with Crippen LogP contribution in [-0.4, -0.2) is 34.7 Å². The second kappa shape index (κ2) is 4.79. The first-order valence-corrected chi connectivity index (χ1v) is 6.81. The van der Waals surface area contributed by atoms with Crippen LogP contribution in [0, 0.1) is 0 Å². The summed E-state index contributed by atoms with van der Waals surface area (Å²) in [6.07, 6.45) is -1.39. The number of nitrogens with zero attached hydrogens (tertiary/aromatic N) is 2. The number of carbonyl (C=O) groups is 1. The van der Waals surface area contributed by atoms with Crippen LogP contribution >= 0.6 is 0 Å². The minimum Gasteiger partial charge on any atom is -0.360 e. The molecule has 0 spiro atoms. The summed E-state index contributed by atoms with van der Waals surface area (Å²) in [6.45, 7) is 0.120. The summed E-state index contributed by atoms with van der Waals surface area (Å²) < 4.78 is 44.0. The van der Waals surface area contributed by atoms with Gasteiger partial charge < -0.3 is 9.42 Å². The highest BCUT2D eigenvalue weighted by Crippen LogP contribution is 2.40. The minimum absolute atomic E-state index is 0.0111. The molecule has 2 aliphatic rings. The average Bonchev–Trinajstić information content (AvgIpc) is 3.15. The van der Waals surface area contributed by atoms with Gasteiger partial charge >= 0.3 is 6.18 Å². The van der Waals surface area contributed by atoms with E-state index in [2.05, 4.69) is 5.16 Å². The Kier molecular flexibility index (Phi) is 3.22. The molecule has 1 amide bonds. The lowest BCUT2D eigenvalue weighted by Crippen LogP contribution is -2.51. The smallest absolute Gasteiger partial charge is 0.360 e. The van der Waals surface area contributed by atoms with E-state index in [4.69, 9.17) is 4.52 Å². The number of likely N-dealkylation sites (tertiary alicyclic amines) is 1. The average molecular weight is 288 g/mol. The Morgan fingerprint density at radius 1 is 1.30 bits per heavy atom. The number of amides is 1. The molecule has 20 heavy (non-hydrogen) atoms. The van der Waals surface area contributed by atoms with Crippen molar-refractivity contribution in [1.29, 1.82) is 0 Å². The molecule has 1 atom stereocenters. The van der Waals surface area contributed by atoms with Gasteiger partial charge in [0.05, 0.1) is 0 Å². The Morgan fingerprint density at radius 2 is 2.05 bits per heavy atom. The van der Waals surface area contributed by atoms with Gasteiger partial charge in [-0.2, -0.15) is 13.2 Å². The van der Waals surface area contributed by atoms with Crippen molar-refractivity contribution in [3.63, 3.8) is 0 Å². The largest absolute Gasteiger partial charge is 0.408 e. The lowest BCUT2D eigenvalue weighted by molar-refractivity contribution is -0.183. The number of halogens is 3. The maximum atomic E-state index is 13.0. The monoisotopic (exact) mass is 288 g/mol. The lowest BCUT2D eigenvalue weighted by atomic mass is 10.0. The lowest BCUT2D eigenvalue weighted by Gasteiger charge is -2.36. The standard InChI is InChI=1S/C13H15F3N2O2/c14-13(15,16)11-3-1-2-6-18(11)12(19)9-7-10(20-17-9)8-4-5-8/h7-8,11H,1-6H2. The molecule has 1 unspecified atom stereocenters. The predicted molar refractivity (Wildman–Crippen MR) is 63.2 cm³/mol. The molecule has 110 valence electrons. The van der Waals surface area contributed by atoms with Crippen molar-refractivity contribution in [2.45, 2.75) is 50.2 Å². The first kappa shape index (κ1) is 13.5. The van der Waals surface area contributed by atoms with Gasteiger partial charge in [0.15, 0.2) is 5.69 Å². The van der Waals surface area contributed by atoms with Crippen LogP contribution in [-0.2, 0) is 0 Å². The Bertz CT molecular complexity index is 508. The summed E-state index contributed by atoms with van der Waals surface area (Å²) >= 11 is 0. The van der Waals surface area contributed by atoms with E-state index in [-0.39, 0.29) is 24.6 Å². The van der Waals surface area contributed by atoms with Crippen molar-refractivity contribution in [3.8, 4) is 0 Å². The molecule has 1 saturated carbocycles. The van der Waals surface area contributed by atoms with Crippen LogP contribution in [0.4, 0.5) is 13.2 Å². The third-order valence-electron chi connectivity index (χ3n) is 3.87. The van der Waals surface area contributed by atoms with Crippen molar-refractivity contribution < 1.29 is 22.5 Å². The normalized spacial score (nSPS) is 23.9. The van der Waals surface area contributed by atoms with E-state index < -0.39 is 18.1 Å². The molecule has 0 N–H and O–H groups in total. The van der Waals surface area contributed by atoms with Crippen molar-refractivity contribution in [3.05, 3.63) is 17.5 Å². The third-order valence-corrected chi connectivity index (χ3v) is 3.87. The van der Waals surface area contributed by atoms with E-state index in [1.165, 1.54) is 6.07 Å². The Hall–Kier alpha value is -1.53. The summed E-state index contributed by atoms with van der Waals surface area (Å²) in [4.78, 5) is 13.1. The summed E-state index contributed by atoms with van der Waals surface area (Å²) in [5, 5.41) is 3.64. The number of rotatable bonds is 2. The van der Waals surface area contributed by atoms with Crippen molar-refractivity contribution >= 4 is 5.91 Å². The van der Waals surface area contributed by atoms with Crippen LogP contribution in [0.5, 0.6) is 0 Å². The summed E-state index contributed by atoms with van der Waals surface area (Å²) in [7, 11) is 0. The van der Waals surface area contributed by atoms with Gasteiger partial charge in [-0.1, -0.05) is 5.16 Å². The summed E-state index contributed by atoms with van der Waals surface area (Å²) in [6, 6.07) is -0.216. The van der Waals surface area contributed by atoms with Crippen molar-refractivity contribution in [2.75, 3.05) is 6.54 Å². The van der Waals surface area contributed by atoms with Crippen LogP contribution in [0.15, 0.2) is 10.6 Å². The molecule has 1 aromatic heterocycles. The number of carbonyl (C=O) groups excluding carboxylic acids is 1. The van der Waals surface area contributed by atoms with E-state index in [1.807, 2.05) is 0 Å². The molecular weight excluding hydrogens is 273 g/mol. The fraction of sp³-hybridized carbons (Fsp3) is 0.692. The highest BCUT2D eigenvalue weighted by molar-refractivity contribution is 5.92. The topological polar surface area (TPSA) is 46.3 Å². The predicted octanol–water partition coefficient (Wildman–Crippen LogP) is 3.11. The van der Waals surface area contributed by atoms with Crippen LogP contribution in [0.3, 0.4) is 0 Å². The molecule has 3 rings (SSSR count).